The molecule has 1 atom stereocenters. The number of halogens is 3. The molecule has 2 amide bonds. The Bertz CT molecular complexity index is 962. The molecule has 7 nitrogen and oxygen atoms in total. The van der Waals surface area contributed by atoms with Gasteiger partial charge in [0.1, 0.15) is 0 Å². The van der Waals surface area contributed by atoms with Crippen LogP contribution < -0.4 is 10.5 Å². The SMILES string of the molecule is Cc1cc(C(C)N2Cc3c(ccnc3CC(N)=O)C2=O)cnc1OCC(F)(F)F. The third-order valence-electron chi connectivity index (χ3n) is 4.68. The Morgan fingerprint density at radius 3 is 2.72 bits per heavy atom. The second-order valence-electron chi connectivity index (χ2n) is 6.83. The van der Waals surface area contributed by atoms with E-state index in [1.54, 1.807) is 30.9 Å². The maximum absolute atomic E-state index is 12.8. The topological polar surface area (TPSA) is 98.4 Å². The summed E-state index contributed by atoms with van der Waals surface area (Å²) in [6, 6.07) is 2.83. The Morgan fingerprint density at radius 1 is 1.38 bits per heavy atom. The minimum atomic E-state index is -4.45. The largest absolute Gasteiger partial charge is 0.468 e. The van der Waals surface area contributed by atoms with E-state index < -0.39 is 24.7 Å². The van der Waals surface area contributed by atoms with Crippen molar-refractivity contribution in [3.63, 3.8) is 0 Å². The quantitative estimate of drug-likeness (QED) is 0.792. The third kappa shape index (κ3) is 4.47. The number of primary amides is 1. The number of pyridine rings is 2. The van der Waals surface area contributed by atoms with Gasteiger partial charge in [0.2, 0.25) is 11.8 Å². The Morgan fingerprint density at radius 2 is 2.10 bits per heavy atom. The summed E-state index contributed by atoms with van der Waals surface area (Å²) in [5, 5.41) is 0. The number of nitrogens with two attached hydrogens (primary N) is 1. The molecule has 0 aliphatic carbocycles. The van der Waals surface area contributed by atoms with Gasteiger partial charge in [-0.15, -0.1) is 0 Å². The zero-order valence-electron chi connectivity index (χ0n) is 15.8. The summed E-state index contributed by atoms with van der Waals surface area (Å²) in [4.78, 5) is 33.8. The lowest BCUT2D eigenvalue weighted by atomic mass is 10.1. The van der Waals surface area contributed by atoms with Gasteiger partial charge in [0.15, 0.2) is 6.61 Å². The van der Waals surface area contributed by atoms with E-state index >= 15 is 0 Å². The number of hydrogen-bond donors (Lipinski definition) is 1. The van der Waals surface area contributed by atoms with Crippen LogP contribution in [-0.4, -0.2) is 39.5 Å². The second kappa shape index (κ2) is 7.69. The van der Waals surface area contributed by atoms with E-state index in [0.717, 1.165) is 0 Å². The van der Waals surface area contributed by atoms with Crippen LogP contribution in [0.15, 0.2) is 24.5 Å². The van der Waals surface area contributed by atoms with Gasteiger partial charge in [-0.1, -0.05) is 0 Å². The molecule has 10 heteroatoms. The van der Waals surface area contributed by atoms with Crippen molar-refractivity contribution in [2.75, 3.05) is 6.61 Å². The second-order valence-corrected chi connectivity index (χ2v) is 6.83. The molecule has 1 aliphatic rings. The van der Waals surface area contributed by atoms with Crippen molar-refractivity contribution >= 4 is 11.8 Å². The summed E-state index contributed by atoms with van der Waals surface area (Å²) in [5.41, 5.74) is 7.90. The summed E-state index contributed by atoms with van der Waals surface area (Å²) >= 11 is 0. The lowest BCUT2D eigenvalue weighted by molar-refractivity contribution is -0.154. The fourth-order valence-corrected chi connectivity index (χ4v) is 3.23. The number of hydrogen-bond acceptors (Lipinski definition) is 5. The standard InChI is InChI=1S/C19H19F3N4O3/c1-10-5-12(7-25-17(10)29-9-19(20,21)22)11(2)26-8-14-13(18(26)28)3-4-24-15(14)6-16(23)27/h3-5,7,11H,6,8-9H2,1-2H3,(H2,23,27). The summed E-state index contributed by atoms with van der Waals surface area (Å²) in [5.74, 6) is -0.878. The molecule has 0 saturated carbocycles. The first-order valence-electron chi connectivity index (χ1n) is 8.79. The molecular weight excluding hydrogens is 389 g/mol. The number of ether oxygens (including phenoxy) is 1. The highest BCUT2D eigenvalue weighted by atomic mass is 19.4. The van der Waals surface area contributed by atoms with Gasteiger partial charge in [-0.3, -0.25) is 14.6 Å². The van der Waals surface area contributed by atoms with Crippen molar-refractivity contribution in [2.45, 2.75) is 39.0 Å². The Labute approximate surface area is 164 Å². The average molecular weight is 408 g/mol. The Kier molecular flexibility index (Phi) is 5.45. The van der Waals surface area contributed by atoms with Crippen LogP contribution in [0.1, 0.15) is 45.7 Å². The molecule has 0 fully saturated rings. The highest BCUT2D eigenvalue weighted by molar-refractivity contribution is 5.99. The van der Waals surface area contributed by atoms with E-state index in [1.807, 2.05) is 0 Å². The van der Waals surface area contributed by atoms with E-state index in [2.05, 4.69) is 9.97 Å². The molecule has 0 saturated heterocycles. The zero-order chi connectivity index (χ0) is 21.3. The minimum Gasteiger partial charge on any atom is -0.468 e. The van der Waals surface area contributed by atoms with Gasteiger partial charge in [-0.25, -0.2) is 4.98 Å². The van der Waals surface area contributed by atoms with Crippen LogP contribution in [0.4, 0.5) is 13.2 Å². The van der Waals surface area contributed by atoms with Crippen LogP contribution >= 0.6 is 0 Å². The molecular formula is C19H19F3N4O3. The lowest BCUT2D eigenvalue weighted by Gasteiger charge is -2.25. The monoisotopic (exact) mass is 408 g/mol. The molecule has 0 aromatic carbocycles. The molecule has 3 rings (SSSR count). The smallest absolute Gasteiger partial charge is 0.422 e. The normalized spacial score (nSPS) is 14.7. The molecule has 1 aliphatic heterocycles. The first kappa shape index (κ1) is 20.6. The van der Waals surface area contributed by atoms with Crippen molar-refractivity contribution in [2.24, 2.45) is 5.73 Å². The average Bonchev–Trinajstić information content (AvgIpc) is 2.97. The molecule has 0 radical (unpaired) electrons. The van der Waals surface area contributed by atoms with Crippen molar-refractivity contribution in [3.05, 3.63) is 52.5 Å². The van der Waals surface area contributed by atoms with E-state index in [4.69, 9.17) is 10.5 Å². The van der Waals surface area contributed by atoms with Gasteiger partial charge >= 0.3 is 6.18 Å². The Balaban J connectivity index is 1.80. The zero-order valence-corrected chi connectivity index (χ0v) is 15.8. The molecule has 0 spiro atoms. The number of rotatable bonds is 6. The van der Waals surface area contributed by atoms with Crippen LogP contribution in [0.5, 0.6) is 5.88 Å². The van der Waals surface area contributed by atoms with E-state index in [1.165, 1.54) is 12.4 Å². The summed E-state index contributed by atoms with van der Waals surface area (Å²) in [6.07, 6.45) is -1.67. The van der Waals surface area contributed by atoms with Gasteiger partial charge in [0.05, 0.1) is 18.2 Å². The molecule has 1 unspecified atom stereocenters. The van der Waals surface area contributed by atoms with Crippen molar-refractivity contribution in [1.82, 2.24) is 14.9 Å². The summed E-state index contributed by atoms with van der Waals surface area (Å²) in [7, 11) is 0. The summed E-state index contributed by atoms with van der Waals surface area (Å²) < 4.78 is 41.7. The number of carbonyl (C=O) groups is 2. The predicted molar refractivity (Wildman–Crippen MR) is 95.9 cm³/mol. The van der Waals surface area contributed by atoms with Crippen LogP contribution in [0.3, 0.4) is 0 Å². The van der Waals surface area contributed by atoms with Gasteiger partial charge in [-0.05, 0) is 31.5 Å². The van der Waals surface area contributed by atoms with E-state index in [9.17, 15) is 22.8 Å². The number of fused-ring (bicyclic) bond motifs is 1. The van der Waals surface area contributed by atoms with E-state index in [-0.39, 0.29) is 24.8 Å². The minimum absolute atomic E-state index is 0.0649. The number of amides is 2. The lowest BCUT2D eigenvalue weighted by Crippen LogP contribution is -2.27. The first-order chi connectivity index (χ1) is 13.6. The van der Waals surface area contributed by atoms with Crippen molar-refractivity contribution in [3.8, 4) is 5.88 Å². The molecule has 154 valence electrons. The van der Waals surface area contributed by atoms with Gasteiger partial charge in [0, 0.05) is 35.6 Å². The van der Waals surface area contributed by atoms with Gasteiger partial charge < -0.3 is 15.4 Å². The number of carbonyl (C=O) groups excluding carboxylic acids is 2. The van der Waals surface area contributed by atoms with Crippen LogP contribution in [0, 0.1) is 6.92 Å². The van der Waals surface area contributed by atoms with Crippen LogP contribution in [0.2, 0.25) is 0 Å². The highest BCUT2D eigenvalue weighted by Crippen LogP contribution is 2.33. The van der Waals surface area contributed by atoms with Crippen LogP contribution in [0.25, 0.3) is 0 Å². The van der Waals surface area contributed by atoms with Crippen molar-refractivity contribution < 1.29 is 27.5 Å². The predicted octanol–water partition coefficient (Wildman–Crippen LogP) is 2.47. The van der Waals surface area contributed by atoms with E-state index in [0.29, 0.717) is 27.9 Å². The Hall–Kier alpha value is -3.17. The van der Waals surface area contributed by atoms with Gasteiger partial charge in [0.25, 0.3) is 5.91 Å². The molecule has 2 N–H and O–H groups in total. The molecule has 3 heterocycles. The van der Waals surface area contributed by atoms with Crippen LogP contribution in [-0.2, 0) is 17.8 Å². The number of aryl methyl sites for hydroxylation is 1. The maximum Gasteiger partial charge on any atom is 0.422 e. The third-order valence-corrected chi connectivity index (χ3v) is 4.68. The molecule has 0 bridgehead atoms. The number of aromatic nitrogens is 2. The molecule has 2 aromatic heterocycles. The summed E-state index contributed by atoms with van der Waals surface area (Å²) in [6.45, 7) is 2.20. The fourth-order valence-electron chi connectivity index (χ4n) is 3.23. The fraction of sp³-hybridized carbons (Fsp3) is 0.368. The first-order valence-corrected chi connectivity index (χ1v) is 8.79. The maximum atomic E-state index is 12.8. The highest BCUT2D eigenvalue weighted by Gasteiger charge is 2.34. The van der Waals surface area contributed by atoms with Crippen molar-refractivity contribution in [1.29, 1.82) is 0 Å². The van der Waals surface area contributed by atoms with Gasteiger partial charge in [-0.2, -0.15) is 13.2 Å². The number of alkyl halides is 3. The molecule has 29 heavy (non-hydrogen) atoms. The molecule has 2 aromatic rings. The number of nitrogens with zero attached hydrogens (tertiary/aromatic N) is 3.